The monoisotopic (exact) mass is 272 g/mol. The normalized spacial score (nSPS) is 14.6. The number of hydrogen-bond donors (Lipinski definition) is 2. The van der Waals surface area contributed by atoms with Crippen molar-refractivity contribution in [2.75, 3.05) is 5.73 Å². The fraction of sp³-hybridized carbons (Fsp3) is 0.400. The Balaban J connectivity index is 2.94. The number of halogens is 6. The van der Waals surface area contributed by atoms with Gasteiger partial charge in [0.1, 0.15) is 6.04 Å². The van der Waals surface area contributed by atoms with E-state index in [1.807, 2.05) is 0 Å². The van der Waals surface area contributed by atoms with Gasteiger partial charge in [-0.2, -0.15) is 26.3 Å². The van der Waals surface area contributed by atoms with E-state index >= 15 is 0 Å². The molecule has 1 atom stereocenters. The second kappa shape index (κ2) is 4.68. The molecule has 0 aliphatic carbocycles. The highest BCUT2D eigenvalue weighted by atomic mass is 19.4. The van der Waals surface area contributed by atoms with Crippen LogP contribution in [-0.2, 0) is 12.6 Å². The number of rotatable bonds is 2. The topological polar surface area (TPSA) is 52.0 Å². The lowest BCUT2D eigenvalue weighted by Gasteiger charge is -2.17. The van der Waals surface area contributed by atoms with Gasteiger partial charge < -0.3 is 11.5 Å². The Morgan fingerprint density at radius 2 is 1.61 bits per heavy atom. The molecule has 102 valence electrons. The second-order valence-corrected chi connectivity index (χ2v) is 3.76. The molecule has 0 aliphatic heterocycles. The summed E-state index contributed by atoms with van der Waals surface area (Å²) in [5.41, 5.74) is 8.73. The summed E-state index contributed by atoms with van der Waals surface area (Å²) in [7, 11) is 0. The van der Waals surface area contributed by atoms with Gasteiger partial charge in [0.05, 0.1) is 5.56 Å². The summed E-state index contributed by atoms with van der Waals surface area (Å²) in [6.45, 7) is 0. The highest BCUT2D eigenvalue weighted by molar-refractivity contribution is 5.50. The van der Waals surface area contributed by atoms with Crippen molar-refractivity contribution >= 4 is 5.69 Å². The molecule has 2 nitrogen and oxygen atoms in total. The Hall–Kier alpha value is -1.44. The molecule has 0 aliphatic rings. The van der Waals surface area contributed by atoms with Crippen molar-refractivity contribution < 1.29 is 26.3 Å². The molecule has 0 aromatic heterocycles. The minimum Gasteiger partial charge on any atom is -0.398 e. The van der Waals surface area contributed by atoms with Crippen molar-refractivity contribution in [3.05, 3.63) is 29.3 Å². The average Bonchev–Trinajstić information content (AvgIpc) is 2.17. The standard InChI is InChI=1S/C10H10F6N2/c11-9(12,13)6-2-1-5(7(17)4-6)3-8(18)10(14,15)16/h1-2,4,8H,3,17-18H2. The van der Waals surface area contributed by atoms with Gasteiger partial charge in [0.2, 0.25) is 0 Å². The van der Waals surface area contributed by atoms with Gasteiger partial charge in [0, 0.05) is 5.69 Å². The minimum absolute atomic E-state index is 0.0622. The molecular formula is C10H10F6N2. The first-order chi connectivity index (χ1) is 8.01. The van der Waals surface area contributed by atoms with Crippen LogP contribution in [0.4, 0.5) is 32.0 Å². The van der Waals surface area contributed by atoms with Gasteiger partial charge in [-0.1, -0.05) is 6.07 Å². The Kier molecular flexibility index (Phi) is 3.80. The highest BCUT2D eigenvalue weighted by Crippen LogP contribution is 2.32. The molecule has 1 aromatic carbocycles. The molecule has 18 heavy (non-hydrogen) atoms. The third kappa shape index (κ3) is 3.52. The van der Waals surface area contributed by atoms with Crippen LogP contribution in [0, 0.1) is 0 Å². The van der Waals surface area contributed by atoms with Crippen molar-refractivity contribution in [2.24, 2.45) is 5.73 Å². The van der Waals surface area contributed by atoms with E-state index < -0.39 is 30.4 Å². The summed E-state index contributed by atoms with van der Waals surface area (Å²) in [4.78, 5) is 0. The van der Waals surface area contributed by atoms with E-state index in [-0.39, 0.29) is 11.3 Å². The van der Waals surface area contributed by atoms with E-state index in [4.69, 9.17) is 11.5 Å². The predicted octanol–water partition coefficient (Wildman–Crippen LogP) is 2.72. The van der Waals surface area contributed by atoms with E-state index in [0.29, 0.717) is 12.1 Å². The molecule has 1 aromatic rings. The molecule has 8 heteroatoms. The summed E-state index contributed by atoms with van der Waals surface area (Å²) >= 11 is 0. The summed E-state index contributed by atoms with van der Waals surface area (Å²) < 4.78 is 73.4. The van der Waals surface area contributed by atoms with Crippen LogP contribution in [0.15, 0.2) is 18.2 Å². The zero-order chi connectivity index (χ0) is 14.1. The molecule has 4 N–H and O–H groups in total. The zero-order valence-corrected chi connectivity index (χ0v) is 8.94. The van der Waals surface area contributed by atoms with Crippen molar-refractivity contribution in [2.45, 2.75) is 24.8 Å². The first kappa shape index (κ1) is 14.6. The van der Waals surface area contributed by atoms with Crippen LogP contribution in [0.2, 0.25) is 0 Å². The van der Waals surface area contributed by atoms with Crippen LogP contribution in [-0.4, -0.2) is 12.2 Å². The molecule has 0 saturated carbocycles. The lowest BCUT2D eigenvalue weighted by atomic mass is 10.0. The molecule has 0 fully saturated rings. The lowest BCUT2D eigenvalue weighted by molar-refractivity contribution is -0.147. The van der Waals surface area contributed by atoms with Crippen molar-refractivity contribution in [1.82, 2.24) is 0 Å². The molecule has 1 unspecified atom stereocenters. The SMILES string of the molecule is Nc1cc(C(F)(F)F)ccc1CC(N)C(F)(F)F. The number of anilines is 1. The second-order valence-electron chi connectivity index (χ2n) is 3.76. The van der Waals surface area contributed by atoms with E-state index in [0.717, 1.165) is 6.07 Å². The molecule has 1 rings (SSSR count). The van der Waals surface area contributed by atoms with Gasteiger partial charge in [0.15, 0.2) is 0 Å². The van der Waals surface area contributed by atoms with Crippen LogP contribution < -0.4 is 11.5 Å². The van der Waals surface area contributed by atoms with Gasteiger partial charge in [0.25, 0.3) is 0 Å². The number of nitrogen functional groups attached to an aromatic ring is 1. The molecular weight excluding hydrogens is 262 g/mol. The van der Waals surface area contributed by atoms with Crippen molar-refractivity contribution in [3.8, 4) is 0 Å². The van der Waals surface area contributed by atoms with E-state index in [9.17, 15) is 26.3 Å². The van der Waals surface area contributed by atoms with Crippen LogP contribution in [0.5, 0.6) is 0 Å². The van der Waals surface area contributed by atoms with Crippen LogP contribution in [0.3, 0.4) is 0 Å². The third-order valence-corrected chi connectivity index (χ3v) is 2.33. The van der Waals surface area contributed by atoms with Crippen LogP contribution in [0.1, 0.15) is 11.1 Å². The van der Waals surface area contributed by atoms with Gasteiger partial charge in [-0.05, 0) is 24.1 Å². The quantitative estimate of drug-likeness (QED) is 0.642. The Morgan fingerprint density at radius 1 is 1.06 bits per heavy atom. The minimum atomic E-state index is -4.62. The Morgan fingerprint density at radius 3 is 2.00 bits per heavy atom. The fourth-order valence-electron chi connectivity index (χ4n) is 1.31. The molecule has 0 amide bonds. The van der Waals surface area contributed by atoms with E-state index in [1.54, 1.807) is 0 Å². The average molecular weight is 272 g/mol. The van der Waals surface area contributed by atoms with Crippen LogP contribution in [0.25, 0.3) is 0 Å². The number of hydrogen-bond acceptors (Lipinski definition) is 2. The number of benzene rings is 1. The molecule has 0 heterocycles. The largest absolute Gasteiger partial charge is 0.416 e. The smallest absolute Gasteiger partial charge is 0.398 e. The summed E-state index contributed by atoms with van der Waals surface area (Å²) in [5, 5.41) is 0. The van der Waals surface area contributed by atoms with Gasteiger partial charge >= 0.3 is 12.4 Å². The maximum atomic E-state index is 12.3. The van der Waals surface area contributed by atoms with Crippen molar-refractivity contribution in [3.63, 3.8) is 0 Å². The van der Waals surface area contributed by atoms with Gasteiger partial charge in [-0.15, -0.1) is 0 Å². The third-order valence-electron chi connectivity index (χ3n) is 2.33. The summed E-state index contributed by atoms with van der Waals surface area (Å²) in [6.07, 6.45) is -9.86. The highest BCUT2D eigenvalue weighted by Gasteiger charge is 2.37. The zero-order valence-electron chi connectivity index (χ0n) is 8.94. The Labute approximate surface area is 98.6 Å². The maximum Gasteiger partial charge on any atom is 0.416 e. The molecule has 0 saturated heterocycles. The summed E-state index contributed by atoms with van der Waals surface area (Å²) in [5.74, 6) is 0. The summed E-state index contributed by atoms with van der Waals surface area (Å²) in [6, 6.07) is 0.0216. The molecule has 0 radical (unpaired) electrons. The Bertz CT molecular complexity index is 423. The molecule has 0 bridgehead atoms. The molecule has 0 spiro atoms. The van der Waals surface area contributed by atoms with Gasteiger partial charge in [-0.25, -0.2) is 0 Å². The van der Waals surface area contributed by atoms with E-state index in [1.165, 1.54) is 0 Å². The van der Waals surface area contributed by atoms with Crippen molar-refractivity contribution in [1.29, 1.82) is 0 Å². The first-order valence-electron chi connectivity index (χ1n) is 4.79. The number of nitrogens with two attached hydrogens (primary N) is 2. The predicted molar refractivity (Wildman–Crippen MR) is 53.6 cm³/mol. The first-order valence-corrected chi connectivity index (χ1v) is 4.79. The number of alkyl halides is 6. The fourth-order valence-corrected chi connectivity index (χ4v) is 1.31. The van der Waals surface area contributed by atoms with Gasteiger partial charge in [-0.3, -0.25) is 0 Å². The van der Waals surface area contributed by atoms with Crippen LogP contribution >= 0.6 is 0 Å². The lowest BCUT2D eigenvalue weighted by Crippen LogP contribution is -2.39. The van der Waals surface area contributed by atoms with E-state index in [2.05, 4.69) is 0 Å². The maximum absolute atomic E-state index is 12.3.